The van der Waals surface area contributed by atoms with Crippen molar-refractivity contribution in [2.75, 3.05) is 5.75 Å². The van der Waals surface area contributed by atoms with Gasteiger partial charge in [0.25, 0.3) is 0 Å². The number of allylic oxidation sites excluding steroid dienone is 2. The number of hydrogen-bond acceptors (Lipinski definition) is 5. The van der Waals surface area contributed by atoms with E-state index >= 15 is 0 Å². The van der Waals surface area contributed by atoms with Crippen LogP contribution in [-0.4, -0.2) is 28.7 Å². The molecule has 2 N–H and O–H groups in total. The summed E-state index contributed by atoms with van der Waals surface area (Å²) in [6.45, 7) is 0.212. The summed E-state index contributed by atoms with van der Waals surface area (Å²) < 4.78 is 28.7. The number of nitrogens with one attached hydrogen (secondary N) is 2. The van der Waals surface area contributed by atoms with Crippen molar-refractivity contribution in [1.29, 1.82) is 0 Å². The van der Waals surface area contributed by atoms with Crippen molar-refractivity contribution < 1.29 is 8.42 Å². The number of benzene rings is 1. The van der Waals surface area contributed by atoms with Crippen LogP contribution in [0, 0.1) is 0 Å². The van der Waals surface area contributed by atoms with Crippen LogP contribution in [-0.2, 0) is 22.1 Å². The monoisotopic (exact) mass is 376 g/mol. The molecule has 1 aliphatic carbocycles. The summed E-state index contributed by atoms with van der Waals surface area (Å²) in [5.41, 5.74) is -0.718. The van der Waals surface area contributed by atoms with Crippen LogP contribution in [0.4, 0.5) is 0 Å². The van der Waals surface area contributed by atoms with Crippen molar-refractivity contribution in [3.8, 4) is 0 Å². The van der Waals surface area contributed by atoms with E-state index in [2.05, 4.69) is 14.7 Å². The van der Waals surface area contributed by atoms with Gasteiger partial charge >= 0.3 is 11.4 Å². The van der Waals surface area contributed by atoms with Gasteiger partial charge in [-0.05, 0) is 24.8 Å². The number of H-pyrrole nitrogens is 1. The molecule has 3 rings (SSSR count). The van der Waals surface area contributed by atoms with Gasteiger partial charge in [-0.1, -0.05) is 42.5 Å². The molecule has 0 aliphatic heterocycles. The van der Waals surface area contributed by atoms with Gasteiger partial charge in [0.2, 0.25) is 10.0 Å². The van der Waals surface area contributed by atoms with Crippen LogP contribution in [0.3, 0.4) is 0 Å². The fourth-order valence-corrected chi connectivity index (χ4v) is 4.18. The Balaban J connectivity index is 1.52. The lowest BCUT2D eigenvalue weighted by molar-refractivity contribution is 0.551. The van der Waals surface area contributed by atoms with E-state index in [-0.39, 0.29) is 12.3 Å². The Morgan fingerprint density at radius 3 is 2.58 bits per heavy atom. The van der Waals surface area contributed by atoms with Crippen molar-refractivity contribution in [1.82, 2.24) is 19.3 Å². The third-order valence-corrected chi connectivity index (χ3v) is 5.71. The maximum atomic E-state index is 12.3. The maximum absolute atomic E-state index is 12.3. The van der Waals surface area contributed by atoms with Crippen LogP contribution in [0.5, 0.6) is 0 Å². The highest BCUT2D eigenvalue weighted by molar-refractivity contribution is 7.89. The molecule has 9 heteroatoms. The summed E-state index contributed by atoms with van der Waals surface area (Å²) >= 11 is 0. The van der Waals surface area contributed by atoms with Gasteiger partial charge in [0.05, 0.1) is 11.3 Å². The first-order valence-corrected chi connectivity index (χ1v) is 9.93. The average molecular weight is 376 g/mol. The lowest BCUT2D eigenvalue weighted by Crippen LogP contribution is -2.36. The molecule has 1 aromatic heterocycles. The molecule has 2 aromatic rings. The molecule has 1 aromatic carbocycles. The van der Waals surface area contributed by atoms with E-state index in [4.69, 9.17) is 0 Å². The lowest BCUT2D eigenvalue weighted by Gasteiger charge is -2.17. The van der Waals surface area contributed by atoms with Crippen LogP contribution in [0.25, 0.3) is 0 Å². The van der Waals surface area contributed by atoms with Crippen molar-refractivity contribution in [2.24, 2.45) is 0 Å². The normalized spacial score (nSPS) is 16.0. The van der Waals surface area contributed by atoms with Crippen molar-refractivity contribution in [3.05, 3.63) is 75.3 Å². The molecule has 1 saturated carbocycles. The fraction of sp³-hybridized carbons (Fsp3) is 0.353. The summed E-state index contributed by atoms with van der Waals surface area (Å²) in [5.74, 6) is -0.0309. The summed E-state index contributed by atoms with van der Waals surface area (Å²) in [6.07, 6.45) is 6.44. The predicted octanol–water partition coefficient (Wildman–Crippen LogP) is 0.487. The zero-order chi connectivity index (χ0) is 18.6. The maximum Gasteiger partial charge on any atom is 0.350 e. The first-order valence-electron chi connectivity index (χ1n) is 8.28. The van der Waals surface area contributed by atoms with Crippen LogP contribution in [0.15, 0.2) is 58.4 Å². The van der Waals surface area contributed by atoms with Gasteiger partial charge in [-0.25, -0.2) is 22.7 Å². The summed E-state index contributed by atoms with van der Waals surface area (Å²) in [5, 5.41) is 0. The van der Waals surface area contributed by atoms with E-state index in [1.807, 2.05) is 30.3 Å². The quantitative estimate of drug-likeness (QED) is 0.651. The Bertz CT molecular complexity index is 1000. The van der Waals surface area contributed by atoms with Crippen molar-refractivity contribution in [2.45, 2.75) is 31.3 Å². The molecule has 0 spiro atoms. The zero-order valence-electron chi connectivity index (χ0n) is 14.1. The highest BCUT2D eigenvalue weighted by atomic mass is 32.2. The van der Waals surface area contributed by atoms with Crippen LogP contribution >= 0.6 is 0 Å². The highest BCUT2D eigenvalue weighted by Crippen LogP contribution is 2.45. The number of aromatic amines is 1. The van der Waals surface area contributed by atoms with Gasteiger partial charge in [-0.2, -0.15) is 4.98 Å². The topological polar surface area (TPSA) is 114 Å². The van der Waals surface area contributed by atoms with E-state index in [0.717, 1.165) is 24.7 Å². The average Bonchev–Trinajstić information content (AvgIpc) is 3.37. The van der Waals surface area contributed by atoms with Gasteiger partial charge in [0.15, 0.2) is 0 Å². The first-order chi connectivity index (χ1) is 12.4. The van der Waals surface area contributed by atoms with Gasteiger partial charge in [-0.3, -0.25) is 9.55 Å². The molecule has 0 saturated heterocycles. The summed E-state index contributed by atoms with van der Waals surface area (Å²) in [7, 11) is -3.41. The predicted molar refractivity (Wildman–Crippen MR) is 97.2 cm³/mol. The van der Waals surface area contributed by atoms with Gasteiger partial charge in [0.1, 0.15) is 6.33 Å². The van der Waals surface area contributed by atoms with Crippen LogP contribution in [0.2, 0.25) is 0 Å². The second-order valence-electron chi connectivity index (χ2n) is 6.26. The molecule has 0 unspecified atom stereocenters. The first kappa shape index (κ1) is 18.3. The fourth-order valence-electron chi connectivity index (χ4n) is 2.71. The Morgan fingerprint density at radius 1 is 1.19 bits per heavy atom. The Labute approximate surface area is 150 Å². The van der Waals surface area contributed by atoms with Gasteiger partial charge < -0.3 is 0 Å². The largest absolute Gasteiger partial charge is 0.350 e. The Morgan fingerprint density at radius 2 is 1.92 bits per heavy atom. The van der Waals surface area contributed by atoms with Crippen LogP contribution < -0.4 is 16.1 Å². The molecular weight excluding hydrogens is 356 g/mol. The Kier molecular flexibility index (Phi) is 5.19. The Hall–Kier alpha value is -2.52. The molecule has 26 heavy (non-hydrogen) atoms. The molecule has 0 atom stereocenters. The molecule has 0 radical (unpaired) electrons. The van der Waals surface area contributed by atoms with E-state index in [0.29, 0.717) is 6.42 Å². The van der Waals surface area contributed by atoms with E-state index < -0.39 is 26.9 Å². The molecule has 138 valence electrons. The number of aromatic nitrogens is 3. The minimum atomic E-state index is -3.41. The molecule has 0 amide bonds. The molecule has 1 aliphatic rings. The van der Waals surface area contributed by atoms with Crippen molar-refractivity contribution in [3.63, 3.8) is 0 Å². The number of hydrogen-bond donors (Lipinski definition) is 2. The van der Waals surface area contributed by atoms with Gasteiger partial charge in [0, 0.05) is 6.54 Å². The molecule has 0 bridgehead atoms. The second-order valence-corrected chi connectivity index (χ2v) is 8.10. The molecule has 1 fully saturated rings. The second kappa shape index (κ2) is 7.38. The van der Waals surface area contributed by atoms with Crippen LogP contribution in [0.1, 0.15) is 24.8 Å². The molecule has 1 heterocycles. The van der Waals surface area contributed by atoms with Gasteiger partial charge in [-0.15, -0.1) is 0 Å². The number of rotatable bonds is 8. The lowest BCUT2D eigenvalue weighted by atomic mass is 10.1. The SMILES string of the molecule is O=c1ncn(C/C=C\CCS(=O)(=O)NC2(c3ccccc3)CC2)c(=O)[nH]1. The number of sulfonamides is 1. The van der Waals surface area contributed by atoms with E-state index in [1.165, 1.54) is 4.57 Å². The standard InChI is InChI=1S/C17H20N4O4S/c22-15-18-13-21(16(23)19-15)11-5-2-6-12-26(24,25)20-17(9-10-17)14-7-3-1-4-8-14/h1-5,7-8,13,20H,6,9-12H2,(H,19,22,23)/b5-2-. The summed E-state index contributed by atoms with van der Waals surface area (Å²) in [4.78, 5) is 27.9. The zero-order valence-corrected chi connectivity index (χ0v) is 14.9. The summed E-state index contributed by atoms with van der Waals surface area (Å²) in [6, 6.07) is 9.58. The van der Waals surface area contributed by atoms with Crippen molar-refractivity contribution >= 4 is 10.0 Å². The van der Waals surface area contributed by atoms with E-state index in [1.54, 1.807) is 12.2 Å². The molecule has 8 nitrogen and oxygen atoms in total. The minimum Gasteiger partial charge on any atom is -0.280 e. The minimum absolute atomic E-state index is 0.0309. The van der Waals surface area contributed by atoms with E-state index in [9.17, 15) is 18.0 Å². The smallest absolute Gasteiger partial charge is 0.280 e. The highest BCUT2D eigenvalue weighted by Gasteiger charge is 2.46. The number of nitrogens with zero attached hydrogens (tertiary/aromatic N) is 2. The third-order valence-electron chi connectivity index (χ3n) is 4.24. The molecular formula is C17H20N4O4S. The third kappa shape index (κ3) is 4.55.